The Kier molecular flexibility index (Phi) is 10.7. The van der Waals surface area contributed by atoms with Gasteiger partial charge < -0.3 is 0 Å². The van der Waals surface area contributed by atoms with Crippen molar-refractivity contribution in [2.24, 2.45) is 0 Å². The number of unbranched alkanes of at least 4 members (excludes halogenated alkanes) is 5. The van der Waals surface area contributed by atoms with E-state index in [1.54, 1.807) is 0 Å². The van der Waals surface area contributed by atoms with Crippen LogP contribution in [0, 0.1) is 0 Å². The van der Waals surface area contributed by atoms with Crippen LogP contribution in [0.1, 0.15) is 64.4 Å². The van der Waals surface area contributed by atoms with Gasteiger partial charge in [-0.25, -0.2) is 0 Å². The van der Waals surface area contributed by atoms with Gasteiger partial charge in [-0.05, 0) is 13.8 Å². The Morgan fingerprint density at radius 1 is 0.846 bits per heavy atom. The van der Waals surface area contributed by atoms with E-state index >= 15 is 0 Å². The van der Waals surface area contributed by atoms with Crippen molar-refractivity contribution in [2.45, 2.75) is 71.5 Å². The molecule has 2 nitrogen and oxygen atoms in total. The summed E-state index contributed by atoms with van der Waals surface area (Å²) in [7, 11) is 0. The standard InChI is InChI=1S/C22H40ClO2P/c1-6-24-22(25-7-2)19-13-11-9-8-10-12-16-20-17-14-15-18-21(20)26(3,4,5)23/h14-15,17-18,22H,6-13,16,19H2,1-5H3. The minimum Gasteiger partial charge on any atom is -0.0414 e. The fraction of sp³-hybridized carbons (Fsp3) is 0.727. The molecule has 0 unspecified atom stereocenters. The monoisotopic (exact) mass is 402 g/mol. The Bertz CT molecular complexity index is 495. The maximum absolute atomic E-state index is 6.90. The second kappa shape index (κ2) is 11.6. The number of ether oxygens (including phenoxy) is 2. The summed E-state index contributed by atoms with van der Waals surface area (Å²) >= 11 is 6.90. The molecule has 0 spiro atoms. The number of rotatable bonds is 14. The second-order valence-corrected chi connectivity index (χ2v) is 17.5. The number of halogens is 1. The van der Waals surface area contributed by atoms with Gasteiger partial charge in [0.25, 0.3) is 0 Å². The van der Waals surface area contributed by atoms with Crippen molar-refractivity contribution >= 4 is 22.5 Å². The maximum atomic E-state index is 6.90. The van der Waals surface area contributed by atoms with Crippen LogP contribution < -0.4 is 5.30 Å². The van der Waals surface area contributed by atoms with E-state index in [9.17, 15) is 0 Å². The van der Waals surface area contributed by atoms with E-state index in [-0.39, 0.29) is 6.29 Å². The summed E-state index contributed by atoms with van der Waals surface area (Å²) in [5.41, 5.74) is 1.45. The summed E-state index contributed by atoms with van der Waals surface area (Å²) in [5.74, 6) is -2.21. The van der Waals surface area contributed by atoms with Crippen molar-refractivity contribution in [1.82, 2.24) is 0 Å². The zero-order valence-electron chi connectivity index (χ0n) is 17.6. The van der Waals surface area contributed by atoms with Gasteiger partial charge in [0.15, 0.2) is 0 Å². The Morgan fingerprint density at radius 2 is 1.38 bits per heavy atom. The zero-order valence-corrected chi connectivity index (χ0v) is 19.2. The van der Waals surface area contributed by atoms with Gasteiger partial charge in [0.1, 0.15) is 0 Å². The van der Waals surface area contributed by atoms with Gasteiger partial charge in [-0.1, -0.05) is 0 Å². The predicted molar refractivity (Wildman–Crippen MR) is 120 cm³/mol. The third kappa shape index (κ3) is 9.70. The van der Waals surface area contributed by atoms with Crippen LogP contribution in [0.15, 0.2) is 24.3 Å². The first-order chi connectivity index (χ1) is 12.2. The summed E-state index contributed by atoms with van der Waals surface area (Å²) in [6.07, 6.45) is 9.77. The first-order valence-electron chi connectivity index (χ1n) is 10.3. The van der Waals surface area contributed by atoms with Crippen molar-refractivity contribution in [2.75, 3.05) is 33.2 Å². The molecule has 1 aromatic carbocycles. The van der Waals surface area contributed by atoms with E-state index in [2.05, 4.69) is 44.3 Å². The molecule has 0 bridgehead atoms. The van der Waals surface area contributed by atoms with E-state index in [0.717, 1.165) is 26.1 Å². The molecule has 4 heteroatoms. The molecule has 0 atom stereocenters. The van der Waals surface area contributed by atoms with Gasteiger partial charge in [-0.15, -0.1) is 0 Å². The molecule has 0 aromatic heterocycles. The third-order valence-electron chi connectivity index (χ3n) is 4.65. The van der Waals surface area contributed by atoms with Crippen LogP contribution in [-0.2, 0) is 15.9 Å². The molecule has 1 aromatic rings. The molecule has 0 saturated heterocycles. The van der Waals surface area contributed by atoms with Crippen LogP contribution in [0.5, 0.6) is 0 Å². The molecular formula is C22H40ClO2P. The molecule has 0 heterocycles. The summed E-state index contributed by atoms with van der Waals surface area (Å²) in [6.45, 7) is 12.2. The first kappa shape index (κ1) is 23.9. The molecule has 0 radical (unpaired) electrons. The fourth-order valence-corrected chi connectivity index (χ4v) is 5.62. The Labute approximate surface area is 166 Å². The Balaban J connectivity index is 2.23. The van der Waals surface area contributed by atoms with Crippen molar-refractivity contribution < 1.29 is 9.47 Å². The first-order valence-corrected chi connectivity index (χ1v) is 14.8. The van der Waals surface area contributed by atoms with Gasteiger partial charge >= 0.3 is 139 Å². The topological polar surface area (TPSA) is 18.5 Å². The summed E-state index contributed by atoms with van der Waals surface area (Å²) in [5, 5.41) is 1.39. The third-order valence-corrected chi connectivity index (χ3v) is 7.26. The van der Waals surface area contributed by atoms with Gasteiger partial charge in [-0.3, -0.25) is 0 Å². The molecule has 0 N–H and O–H groups in total. The van der Waals surface area contributed by atoms with Crippen LogP contribution in [-0.4, -0.2) is 39.5 Å². The average molecular weight is 403 g/mol. The van der Waals surface area contributed by atoms with E-state index in [4.69, 9.17) is 20.7 Å². The van der Waals surface area contributed by atoms with Crippen LogP contribution in [0.3, 0.4) is 0 Å². The van der Waals surface area contributed by atoms with Crippen LogP contribution in [0.2, 0.25) is 0 Å². The quantitative estimate of drug-likeness (QED) is 0.199. The summed E-state index contributed by atoms with van der Waals surface area (Å²) in [6, 6.07) is 8.76. The van der Waals surface area contributed by atoms with Gasteiger partial charge in [0.05, 0.1) is 0 Å². The summed E-state index contributed by atoms with van der Waals surface area (Å²) in [4.78, 5) is 0. The van der Waals surface area contributed by atoms with Crippen molar-refractivity contribution in [3.05, 3.63) is 29.8 Å². The SMILES string of the molecule is CCOC(CCCCCCCCc1ccccc1P(C)(C)(C)Cl)OCC. The van der Waals surface area contributed by atoms with Gasteiger partial charge in [-0.2, -0.15) is 0 Å². The van der Waals surface area contributed by atoms with E-state index in [1.165, 1.54) is 49.4 Å². The molecule has 0 fully saturated rings. The van der Waals surface area contributed by atoms with Crippen LogP contribution >= 0.6 is 17.2 Å². The molecule has 26 heavy (non-hydrogen) atoms. The van der Waals surface area contributed by atoms with Crippen molar-refractivity contribution in [3.63, 3.8) is 0 Å². The Morgan fingerprint density at radius 3 is 1.96 bits per heavy atom. The number of hydrogen-bond donors (Lipinski definition) is 0. The molecule has 152 valence electrons. The fourth-order valence-electron chi connectivity index (χ4n) is 3.38. The molecule has 1 rings (SSSR count). The van der Waals surface area contributed by atoms with Crippen molar-refractivity contribution in [1.29, 1.82) is 0 Å². The minimum absolute atomic E-state index is 0.00862. The van der Waals surface area contributed by atoms with Crippen molar-refractivity contribution in [3.8, 4) is 0 Å². The summed E-state index contributed by atoms with van der Waals surface area (Å²) < 4.78 is 11.2. The molecule has 0 saturated carbocycles. The minimum atomic E-state index is -2.21. The van der Waals surface area contributed by atoms with Gasteiger partial charge in [0, 0.05) is 13.2 Å². The second-order valence-electron chi connectivity index (χ2n) is 8.23. The molecule has 0 aliphatic rings. The smallest absolute Gasteiger partial charge is 0.0414 e. The number of benzene rings is 1. The Hall–Kier alpha value is -0.140. The number of hydrogen-bond acceptors (Lipinski definition) is 2. The molecular weight excluding hydrogens is 363 g/mol. The number of aryl methyl sites for hydroxylation is 1. The zero-order chi connectivity index (χ0) is 19.5. The van der Waals surface area contributed by atoms with E-state index < -0.39 is 5.96 Å². The molecule has 0 aliphatic carbocycles. The van der Waals surface area contributed by atoms with Gasteiger partial charge in [0.2, 0.25) is 0 Å². The van der Waals surface area contributed by atoms with Crippen LogP contribution in [0.4, 0.5) is 0 Å². The molecule has 0 aliphatic heterocycles. The van der Waals surface area contributed by atoms with E-state index in [1.807, 2.05) is 13.8 Å². The van der Waals surface area contributed by atoms with E-state index in [0.29, 0.717) is 0 Å². The average Bonchev–Trinajstić information content (AvgIpc) is 2.56. The van der Waals surface area contributed by atoms with Crippen LogP contribution in [0.25, 0.3) is 0 Å². The molecule has 0 amide bonds. The predicted octanol–water partition coefficient (Wildman–Crippen LogP) is 6.58. The normalized spacial score (nSPS) is 13.7.